The van der Waals surface area contributed by atoms with Crippen LogP contribution in [-0.4, -0.2) is 60.5 Å². The van der Waals surface area contributed by atoms with Crippen LogP contribution in [0.15, 0.2) is 0 Å². The molecule has 4 heteroatoms. The second-order valence-corrected chi connectivity index (χ2v) is 6.46. The first-order chi connectivity index (χ1) is 9.06. The molecule has 0 bridgehead atoms. The highest BCUT2D eigenvalue weighted by atomic mass is 16.2. The van der Waals surface area contributed by atoms with E-state index in [1.165, 1.54) is 32.1 Å². The summed E-state index contributed by atoms with van der Waals surface area (Å²) in [4.78, 5) is 16.7. The number of rotatable bonds is 3. The molecule has 2 fully saturated rings. The van der Waals surface area contributed by atoms with E-state index >= 15 is 0 Å². The quantitative estimate of drug-likeness (QED) is 0.841. The van der Waals surface area contributed by atoms with Crippen LogP contribution in [0.3, 0.4) is 0 Å². The molecular formula is C15H29N3O. The van der Waals surface area contributed by atoms with Crippen molar-refractivity contribution in [3.05, 3.63) is 0 Å². The third-order valence-electron chi connectivity index (χ3n) is 4.51. The predicted molar refractivity (Wildman–Crippen MR) is 78.1 cm³/mol. The number of likely N-dealkylation sites (N-methyl/N-ethyl adjacent to an activating group) is 1. The predicted octanol–water partition coefficient (Wildman–Crippen LogP) is 1.46. The Balaban J connectivity index is 1.82. The lowest BCUT2D eigenvalue weighted by molar-refractivity contribution is -0.134. The van der Waals surface area contributed by atoms with Gasteiger partial charge in [-0.15, -0.1) is 0 Å². The summed E-state index contributed by atoms with van der Waals surface area (Å²) in [6.45, 7) is 6.93. The number of hydrogen-bond donors (Lipinski definition) is 1. The van der Waals surface area contributed by atoms with Crippen molar-refractivity contribution in [1.29, 1.82) is 0 Å². The van der Waals surface area contributed by atoms with Crippen LogP contribution in [0.1, 0.15) is 46.0 Å². The van der Waals surface area contributed by atoms with Gasteiger partial charge in [0.05, 0.1) is 6.54 Å². The third-order valence-corrected chi connectivity index (χ3v) is 4.51. The first-order valence-corrected chi connectivity index (χ1v) is 7.80. The summed E-state index contributed by atoms with van der Waals surface area (Å²) >= 11 is 0. The Bertz CT molecular complexity index is 292. The molecule has 2 aliphatic rings. The van der Waals surface area contributed by atoms with E-state index in [2.05, 4.69) is 24.1 Å². The molecule has 110 valence electrons. The molecule has 19 heavy (non-hydrogen) atoms. The molecule has 1 aliphatic carbocycles. The molecule has 1 saturated heterocycles. The minimum Gasteiger partial charge on any atom is -0.342 e. The SMILES string of the molecule is CC1CN(CC(=O)N(C)C2CCCCC2)CC(C)N1. The summed E-state index contributed by atoms with van der Waals surface area (Å²) in [6.07, 6.45) is 6.28. The van der Waals surface area contributed by atoms with Crippen LogP contribution in [0, 0.1) is 0 Å². The molecule has 0 aromatic rings. The van der Waals surface area contributed by atoms with E-state index in [4.69, 9.17) is 0 Å². The van der Waals surface area contributed by atoms with Gasteiger partial charge in [-0.1, -0.05) is 19.3 Å². The standard InChI is InChI=1S/C15H29N3O/c1-12-9-18(10-13(2)16-12)11-15(19)17(3)14-7-5-4-6-8-14/h12-14,16H,4-11H2,1-3H3. The molecule has 0 spiro atoms. The van der Waals surface area contributed by atoms with Crippen molar-refractivity contribution in [2.45, 2.75) is 64.1 Å². The maximum Gasteiger partial charge on any atom is 0.236 e. The Morgan fingerprint density at radius 1 is 1.16 bits per heavy atom. The highest BCUT2D eigenvalue weighted by Gasteiger charge is 2.26. The van der Waals surface area contributed by atoms with E-state index in [0.717, 1.165) is 13.1 Å². The molecule has 1 saturated carbocycles. The lowest BCUT2D eigenvalue weighted by atomic mass is 9.94. The Kier molecular flexibility index (Phi) is 5.22. The van der Waals surface area contributed by atoms with Crippen molar-refractivity contribution in [3.8, 4) is 0 Å². The molecule has 4 nitrogen and oxygen atoms in total. The van der Waals surface area contributed by atoms with Gasteiger partial charge in [0.1, 0.15) is 0 Å². The fourth-order valence-corrected chi connectivity index (χ4v) is 3.54. The van der Waals surface area contributed by atoms with E-state index < -0.39 is 0 Å². The van der Waals surface area contributed by atoms with E-state index in [9.17, 15) is 4.79 Å². The van der Waals surface area contributed by atoms with Gasteiger partial charge in [-0.25, -0.2) is 0 Å². The Hall–Kier alpha value is -0.610. The summed E-state index contributed by atoms with van der Waals surface area (Å²) in [5, 5.41) is 3.51. The van der Waals surface area contributed by atoms with E-state index in [1.807, 2.05) is 11.9 Å². The molecule has 1 N–H and O–H groups in total. The second-order valence-electron chi connectivity index (χ2n) is 6.46. The average Bonchev–Trinajstić information content (AvgIpc) is 2.37. The van der Waals surface area contributed by atoms with Crippen LogP contribution < -0.4 is 5.32 Å². The number of carbonyl (C=O) groups excluding carboxylic acids is 1. The molecule has 0 radical (unpaired) electrons. The van der Waals surface area contributed by atoms with E-state index in [0.29, 0.717) is 30.6 Å². The van der Waals surface area contributed by atoms with Gasteiger partial charge in [-0.05, 0) is 26.7 Å². The fraction of sp³-hybridized carbons (Fsp3) is 0.933. The number of nitrogens with zero attached hydrogens (tertiary/aromatic N) is 2. The molecule has 2 unspecified atom stereocenters. The van der Waals surface area contributed by atoms with Gasteiger partial charge in [-0.3, -0.25) is 9.69 Å². The van der Waals surface area contributed by atoms with Crippen LogP contribution in [0.25, 0.3) is 0 Å². The molecular weight excluding hydrogens is 238 g/mol. The smallest absolute Gasteiger partial charge is 0.236 e. The van der Waals surface area contributed by atoms with Crippen LogP contribution in [0.2, 0.25) is 0 Å². The summed E-state index contributed by atoms with van der Waals surface area (Å²) in [5.41, 5.74) is 0. The van der Waals surface area contributed by atoms with Crippen LogP contribution >= 0.6 is 0 Å². The molecule has 2 atom stereocenters. The third kappa shape index (κ3) is 4.18. The van der Waals surface area contributed by atoms with Crippen LogP contribution in [0.5, 0.6) is 0 Å². The van der Waals surface area contributed by atoms with Crippen molar-refractivity contribution in [1.82, 2.24) is 15.1 Å². The Morgan fingerprint density at radius 2 is 1.74 bits per heavy atom. The topological polar surface area (TPSA) is 35.6 Å². The van der Waals surface area contributed by atoms with Crippen molar-refractivity contribution in [2.24, 2.45) is 0 Å². The first-order valence-electron chi connectivity index (χ1n) is 7.80. The zero-order chi connectivity index (χ0) is 13.8. The van der Waals surface area contributed by atoms with Crippen molar-refractivity contribution in [3.63, 3.8) is 0 Å². The lowest BCUT2D eigenvalue weighted by Crippen LogP contribution is -2.56. The summed E-state index contributed by atoms with van der Waals surface area (Å²) < 4.78 is 0. The number of carbonyl (C=O) groups is 1. The molecule has 1 amide bonds. The summed E-state index contributed by atoms with van der Waals surface area (Å²) in [7, 11) is 1.99. The first kappa shape index (κ1) is 14.8. The summed E-state index contributed by atoms with van der Waals surface area (Å²) in [6, 6.07) is 1.45. The van der Waals surface area contributed by atoms with Gasteiger partial charge >= 0.3 is 0 Å². The summed E-state index contributed by atoms with van der Waals surface area (Å²) in [5.74, 6) is 0.299. The fourth-order valence-electron chi connectivity index (χ4n) is 3.54. The van der Waals surface area contributed by atoms with Gasteiger partial charge in [0.25, 0.3) is 0 Å². The van der Waals surface area contributed by atoms with Gasteiger partial charge in [0.15, 0.2) is 0 Å². The maximum absolute atomic E-state index is 12.4. The number of amides is 1. The molecule has 0 aromatic carbocycles. The minimum atomic E-state index is 0.299. The molecule has 0 aromatic heterocycles. The lowest BCUT2D eigenvalue weighted by Gasteiger charge is -2.38. The maximum atomic E-state index is 12.4. The monoisotopic (exact) mass is 267 g/mol. The van der Waals surface area contributed by atoms with Gasteiger partial charge in [-0.2, -0.15) is 0 Å². The highest BCUT2D eigenvalue weighted by Crippen LogP contribution is 2.21. The zero-order valence-electron chi connectivity index (χ0n) is 12.7. The van der Waals surface area contributed by atoms with E-state index in [1.54, 1.807) is 0 Å². The Labute approximate surface area is 117 Å². The van der Waals surface area contributed by atoms with Gasteiger partial charge in [0.2, 0.25) is 5.91 Å². The van der Waals surface area contributed by atoms with Gasteiger partial charge in [0, 0.05) is 38.3 Å². The number of nitrogens with one attached hydrogen (secondary N) is 1. The van der Waals surface area contributed by atoms with Crippen molar-refractivity contribution >= 4 is 5.91 Å². The number of piperazine rings is 1. The average molecular weight is 267 g/mol. The van der Waals surface area contributed by atoms with E-state index in [-0.39, 0.29) is 0 Å². The molecule has 1 heterocycles. The largest absolute Gasteiger partial charge is 0.342 e. The molecule has 1 aliphatic heterocycles. The minimum absolute atomic E-state index is 0.299. The van der Waals surface area contributed by atoms with Crippen molar-refractivity contribution in [2.75, 3.05) is 26.7 Å². The number of hydrogen-bond acceptors (Lipinski definition) is 3. The molecule has 2 rings (SSSR count). The van der Waals surface area contributed by atoms with Crippen LogP contribution in [0.4, 0.5) is 0 Å². The highest BCUT2D eigenvalue weighted by molar-refractivity contribution is 5.78. The second kappa shape index (κ2) is 6.71. The van der Waals surface area contributed by atoms with Crippen LogP contribution in [-0.2, 0) is 4.79 Å². The van der Waals surface area contributed by atoms with Gasteiger partial charge < -0.3 is 10.2 Å². The normalized spacial score (nSPS) is 30.3. The Morgan fingerprint density at radius 3 is 2.32 bits per heavy atom. The van der Waals surface area contributed by atoms with Crippen molar-refractivity contribution < 1.29 is 4.79 Å². The zero-order valence-corrected chi connectivity index (χ0v) is 12.7.